The van der Waals surface area contributed by atoms with Gasteiger partial charge in [-0.25, -0.2) is 0 Å². The van der Waals surface area contributed by atoms with E-state index in [0.29, 0.717) is 17.1 Å². The van der Waals surface area contributed by atoms with Gasteiger partial charge in [-0.2, -0.15) is 0 Å². The largest absolute Gasteiger partial charge is 0.497 e. The van der Waals surface area contributed by atoms with Crippen LogP contribution in [-0.2, 0) is 0 Å². The first-order chi connectivity index (χ1) is 11.7. The van der Waals surface area contributed by atoms with Crippen LogP contribution in [0.25, 0.3) is 17.0 Å². The number of para-hydroxylation sites is 1. The van der Waals surface area contributed by atoms with E-state index in [1.54, 1.807) is 38.5 Å². The van der Waals surface area contributed by atoms with E-state index >= 15 is 0 Å². The van der Waals surface area contributed by atoms with E-state index in [0.717, 1.165) is 22.2 Å². The molecule has 0 radical (unpaired) electrons. The van der Waals surface area contributed by atoms with E-state index < -0.39 is 0 Å². The Balaban J connectivity index is 1.79. The van der Waals surface area contributed by atoms with Crippen molar-refractivity contribution in [1.29, 1.82) is 0 Å². The summed E-state index contributed by atoms with van der Waals surface area (Å²) in [5.41, 5.74) is 2.33. The molecular formula is C19H15NO4. The zero-order chi connectivity index (χ0) is 16.7. The van der Waals surface area contributed by atoms with Crippen LogP contribution in [0.3, 0.4) is 0 Å². The zero-order valence-corrected chi connectivity index (χ0v) is 13.3. The van der Waals surface area contributed by atoms with Crippen LogP contribution in [0.1, 0.15) is 15.9 Å². The Labute approximate surface area is 138 Å². The summed E-state index contributed by atoms with van der Waals surface area (Å²) in [6.45, 7) is 0. The minimum Gasteiger partial charge on any atom is -0.497 e. The first-order valence-electron chi connectivity index (χ1n) is 7.47. The summed E-state index contributed by atoms with van der Waals surface area (Å²) in [4.78, 5) is 15.7. The summed E-state index contributed by atoms with van der Waals surface area (Å²) in [6, 6.07) is 11.0. The van der Waals surface area contributed by atoms with Crippen LogP contribution >= 0.6 is 0 Å². The van der Waals surface area contributed by atoms with Crippen molar-refractivity contribution in [3.05, 3.63) is 59.5 Å². The molecule has 1 aromatic heterocycles. The highest BCUT2D eigenvalue weighted by molar-refractivity contribution is 6.15. The SMILES string of the molecule is COc1ccc2[nH]cc(/C=C3/Oc4c(OC)cccc4C3=O)c2c1. The van der Waals surface area contributed by atoms with Gasteiger partial charge in [-0.05, 0) is 36.4 Å². The number of allylic oxidation sites excluding steroid dienone is 1. The molecule has 0 amide bonds. The molecule has 0 aliphatic carbocycles. The van der Waals surface area contributed by atoms with Gasteiger partial charge in [-0.15, -0.1) is 0 Å². The van der Waals surface area contributed by atoms with Crippen molar-refractivity contribution in [2.45, 2.75) is 0 Å². The number of aromatic nitrogens is 1. The molecule has 3 aromatic rings. The molecule has 2 heterocycles. The van der Waals surface area contributed by atoms with Gasteiger partial charge in [0.25, 0.3) is 0 Å². The minimum atomic E-state index is -0.152. The smallest absolute Gasteiger partial charge is 0.232 e. The van der Waals surface area contributed by atoms with Crippen molar-refractivity contribution in [2.24, 2.45) is 0 Å². The highest BCUT2D eigenvalue weighted by atomic mass is 16.5. The second-order valence-electron chi connectivity index (χ2n) is 5.43. The van der Waals surface area contributed by atoms with Crippen LogP contribution in [-0.4, -0.2) is 25.0 Å². The number of nitrogens with one attached hydrogen (secondary N) is 1. The second kappa shape index (κ2) is 5.45. The van der Waals surface area contributed by atoms with Gasteiger partial charge in [-0.3, -0.25) is 4.79 Å². The molecular weight excluding hydrogens is 306 g/mol. The lowest BCUT2D eigenvalue weighted by Crippen LogP contribution is -1.97. The van der Waals surface area contributed by atoms with Gasteiger partial charge in [0.15, 0.2) is 17.3 Å². The Hall–Kier alpha value is -3.21. The number of benzene rings is 2. The maximum atomic E-state index is 12.6. The number of ketones is 1. The number of aromatic amines is 1. The predicted octanol–water partition coefficient (Wildman–Crippen LogP) is 3.80. The molecule has 0 unspecified atom stereocenters. The first kappa shape index (κ1) is 14.4. The zero-order valence-electron chi connectivity index (χ0n) is 13.3. The number of hydrogen-bond acceptors (Lipinski definition) is 4. The lowest BCUT2D eigenvalue weighted by molar-refractivity contribution is 0.101. The van der Waals surface area contributed by atoms with Crippen LogP contribution in [0.4, 0.5) is 0 Å². The van der Waals surface area contributed by atoms with Crippen LogP contribution < -0.4 is 14.2 Å². The lowest BCUT2D eigenvalue weighted by atomic mass is 10.1. The monoisotopic (exact) mass is 321 g/mol. The molecule has 0 saturated heterocycles. The quantitative estimate of drug-likeness (QED) is 0.745. The van der Waals surface area contributed by atoms with Gasteiger partial charge in [0.2, 0.25) is 5.78 Å². The normalized spacial score (nSPS) is 14.8. The number of rotatable bonds is 3. The summed E-state index contributed by atoms with van der Waals surface area (Å²) < 4.78 is 16.3. The fourth-order valence-electron chi connectivity index (χ4n) is 2.85. The summed E-state index contributed by atoms with van der Waals surface area (Å²) in [7, 11) is 3.18. The minimum absolute atomic E-state index is 0.152. The molecule has 0 atom stereocenters. The summed E-state index contributed by atoms with van der Waals surface area (Å²) >= 11 is 0. The number of Topliss-reactive ketones (excluding diaryl/α,β-unsaturated/α-hetero) is 1. The van der Waals surface area contributed by atoms with Crippen LogP contribution in [0.2, 0.25) is 0 Å². The average molecular weight is 321 g/mol. The number of H-pyrrole nitrogens is 1. The van der Waals surface area contributed by atoms with Crippen molar-refractivity contribution in [1.82, 2.24) is 4.98 Å². The lowest BCUT2D eigenvalue weighted by Gasteiger charge is -2.04. The van der Waals surface area contributed by atoms with Crippen LogP contribution in [0.5, 0.6) is 17.2 Å². The van der Waals surface area contributed by atoms with E-state index in [9.17, 15) is 4.79 Å². The van der Waals surface area contributed by atoms with E-state index in [-0.39, 0.29) is 11.5 Å². The standard InChI is InChI=1S/C19H15NO4/c1-22-12-6-7-15-14(9-12)11(10-20-15)8-17-18(21)13-4-3-5-16(23-2)19(13)24-17/h3-10,20H,1-2H3/b17-8+. The van der Waals surface area contributed by atoms with Crippen molar-refractivity contribution in [3.8, 4) is 17.2 Å². The number of hydrogen-bond donors (Lipinski definition) is 1. The molecule has 1 N–H and O–H groups in total. The Bertz CT molecular complexity index is 984. The molecule has 4 rings (SSSR count). The van der Waals surface area contributed by atoms with Gasteiger partial charge in [0.1, 0.15) is 5.75 Å². The maximum absolute atomic E-state index is 12.6. The van der Waals surface area contributed by atoms with Crippen LogP contribution in [0, 0.1) is 0 Å². The van der Waals surface area contributed by atoms with Gasteiger partial charge in [0, 0.05) is 22.7 Å². The Morgan fingerprint density at radius 3 is 2.79 bits per heavy atom. The fraction of sp³-hybridized carbons (Fsp3) is 0.105. The van der Waals surface area contributed by atoms with Crippen molar-refractivity contribution >= 4 is 22.8 Å². The number of methoxy groups -OCH3 is 2. The maximum Gasteiger partial charge on any atom is 0.232 e. The summed E-state index contributed by atoms with van der Waals surface area (Å²) in [5, 5.41) is 0.959. The van der Waals surface area contributed by atoms with Gasteiger partial charge < -0.3 is 19.2 Å². The molecule has 2 aromatic carbocycles. The van der Waals surface area contributed by atoms with E-state index in [2.05, 4.69) is 4.98 Å². The number of carbonyl (C=O) groups excluding carboxylic acids is 1. The Morgan fingerprint density at radius 2 is 2.00 bits per heavy atom. The molecule has 0 bridgehead atoms. The second-order valence-corrected chi connectivity index (χ2v) is 5.43. The Kier molecular flexibility index (Phi) is 3.27. The number of carbonyl (C=O) groups is 1. The molecule has 0 spiro atoms. The van der Waals surface area contributed by atoms with E-state index in [4.69, 9.17) is 14.2 Å². The average Bonchev–Trinajstić information content (AvgIpc) is 3.16. The molecule has 24 heavy (non-hydrogen) atoms. The number of fused-ring (bicyclic) bond motifs is 2. The van der Waals surface area contributed by atoms with Crippen LogP contribution in [0.15, 0.2) is 48.4 Å². The topological polar surface area (TPSA) is 60.6 Å². The highest BCUT2D eigenvalue weighted by Gasteiger charge is 2.30. The molecule has 0 saturated carbocycles. The molecule has 5 nitrogen and oxygen atoms in total. The Morgan fingerprint density at radius 1 is 1.12 bits per heavy atom. The fourth-order valence-corrected chi connectivity index (χ4v) is 2.85. The van der Waals surface area contributed by atoms with Gasteiger partial charge in [0.05, 0.1) is 19.8 Å². The molecule has 0 fully saturated rings. The molecule has 1 aliphatic heterocycles. The van der Waals surface area contributed by atoms with Gasteiger partial charge in [-0.1, -0.05) is 6.07 Å². The van der Waals surface area contributed by atoms with E-state index in [1.165, 1.54) is 0 Å². The van der Waals surface area contributed by atoms with E-state index in [1.807, 2.05) is 24.4 Å². The third kappa shape index (κ3) is 2.13. The third-order valence-electron chi connectivity index (χ3n) is 4.09. The highest BCUT2D eigenvalue weighted by Crippen LogP contribution is 2.40. The summed E-state index contributed by atoms with van der Waals surface area (Å²) in [5.74, 6) is 1.89. The molecule has 120 valence electrons. The van der Waals surface area contributed by atoms with Crippen molar-refractivity contribution in [3.63, 3.8) is 0 Å². The number of ether oxygens (including phenoxy) is 3. The molecule has 5 heteroatoms. The summed E-state index contributed by atoms with van der Waals surface area (Å²) in [6.07, 6.45) is 3.58. The van der Waals surface area contributed by atoms with Crippen molar-refractivity contribution in [2.75, 3.05) is 14.2 Å². The molecule has 1 aliphatic rings. The first-order valence-corrected chi connectivity index (χ1v) is 7.47. The van der Waals surface area contributed by atoms with Crippen molar-refractivity contribution < 1.29 is 19.0 Å². The predicted molar refractivity (Wildman–Crippen MR) is 90.8 cm³/mol. The van der Waals surface area contributed by atoms with Gasteiger partial charge >= 0.3 is 0 Å². The third-order valence-corrected chi connectivity index (χ3v) is 4.09.